The van der Waals surface area contributed by atoms with Crippen LogP contribution in [0.4, 0.5) is 4.79 Å². The molecule has 0 aliphatic heterocycles. The number of nitrogens with one attached hydrogen (secondary N) is 1. The highest BCUT2D eigenvalue weighted by Gasteiger charge is 2.23. The van der Waals surface area contributed by atoms with E-state index in [0.29, 0.717) is 0 Å². The number of carbonyl (C=O) groups excluding carboxylic acids is 1. The van der Waals surface area contributed by atoms with E-state index in [2.05, 4.69) is 0 Å². The van der Waals surface area contributed by atoms with Gasteiger partial charge in [-0.25, -0.2) is 9.59 Å². The van der Waals surface area contributed by atoms with Crippen LogP contribution in [0.25, 0.3) is 0 Å². The summed E-state index contributed by atoms with van der Waals surface area (Å²) in [4.78, 5) is 32.5. The van der Waals surface area contributed by atoms with Crippen LogP contribution in [-0.4, -0.2) is 40.9 Å². The van der Waals surface area contributed by atoms with Crippen molar-refractivity contribution >= 4 is 18.0 Å². The van der Waals surface area contributed by atoms with Crippen LogP contribution in [0.1, 0.15) is 19.3 Å². The Morgan fingerprint density at radius 3 is 2.58 bits per heavy atom. The molecule has 0 aromatic rings. The molecule has 1 unspecified atom stereocenters. The summed E-state index contributed by atoms with van der Waals surface area (Å²) in [6.07, 6.45) is 5.84. The summed E-state index contributed by atoms with van der Waals surface area (Å²) in [7, 11) is 0. The minimum atomic E-state index is -1.50. The molecule has 1 atom stereocenters. The second-order valence-electron chi connectivity index (χ2n) is 3.97. The van der Waals surface area contributed by atoms with Crippen LogP contribution in [0.2, 0.25) is 0 Å². The average molecular weight is 269 g/mol. The average Bonchev–Trinajstić information content (AvgIpc) is 2.36. The second-order valence-corrected chi connectivity index (χ2v) is 3.97. The van der Waals surface area contributed by atoms with Crippen molar-refractivity contribution in [2.24, 2.45) is 0 Å². The van der Waals surface area contributed by atoms with Crippen LogP contribution in [-0.2, 0) is 14.3 Å². The lowest BCUT2D eigenvalue weighted by Gasteiger charge is -2.13. The van der Waals surface area contributed by atoms with Crippen molar-refractivity contribution in [3.05, 3.63) is 23.8 Å². The van der Waals surface area contributed by atoms with E-state index >= 15 is 0 Å². The number of carbonyl (C=O) groups is 3. The van der Waals surface area contributed by atoms with E-state index in [-0.39, 0.29) is 6.61 Å². The first kappa shape index (κ1) is 14.7. The lowest BCUT2D eigenvalue weighted by atomic mass is 10.1. The first-order valence-corrected chi connectivity index (χ1v) is 5.72. The van der Waals surface area contributed by atoms with Gasteiger partial charge in [0.15, 0.2) is 0 Å². The van der Waals surface area contributed by atoms with E-state index in [4.69, 9.17) is 14.9 Å². The minimum Gasteiger partial charge on any atom is -0.481 e. The predicted molar refractivity (Wildman–Crippen MR) is 64.6 cm³/mol. The van der Waals surface area contributed by atoms with Crippen molar-refractivity contribution in [3.63, 3.8) is 0 Å². The predicted octanol–water partition coefficient (Wildman–Crippen LogP) is 0.917. The molecule has 19 heavy (non-hydrogen) atoms. The van der Waals surface area contributed by atoms with E-state index in [9.17, 15) is 14.4 Å². The van der Waals surface area contributed by atoms with Crippen molar-refractivity contribution in [2.75, 3.05) is 6.61 Å². The summed E-state index contributed by atoms with van der Waals surface area (Å²) in [5.41, 5.74) is 0.825. The molecular weight excluding hydrogens is 254 g/mol. The summed E-state index contributed by atoms with van der Waals surface area (Å²) in [6.45, 7) is 0.0295. The second kappa shape index (κ2) is 7.20. The van der Waals surface area contributed by atoms with Crippen LogP contribution in [0.15, 0.2) is 23.8 Å². The van der Waals surface area contributed by atoms with E-state index in [0.717, 1.165) is 18.4 Å². The molecule has 1 aliphatic carbocycles. The fourth-order valence-electron chi connectivity index (χ4n) is 1.48. The molecule has 104 valence electrons. The van der Waals surface area contributed by atoms with Gasteiger partial charge in [0.2, 0.25) is 0 Å². The van der Waals surface area contributed by atoms with Crippen molar-refractivity contribution in [3.8, 4) is 0 Å². The minimum absolute atomic E-state index is 0.0295. The van der Waals surface area contributed by atoms with Crippen molar-refractivity contribution in [2.45, 2.75) is 25.3 Å². The molecule has 0 aromatic carbocycles. The van der Waals surface area contributed by atoms with Gasteiger partial charge in [-0.15, -0.1) is 0 Å². The SMILES string of the molecule is O=C(O)CC(NC(=O)OCC1=CCCC=C1)C(=O)O. The summed E-state index contributed by atoms with van der Waals surface area (Å²) in [5.74, 6) is -2.73. The highest BCUT2D eigenvalue weighted by molar-refractivity contribution is 5.84. The van der Waals surface area contributed by atoms with E-state index in [1.807, 2.05) is 23.5 Å². The molecule has 0 radical (unpaired) electrons. The molecule has 0 spiro atoms. The number of alkyl carbamates (subject to hydrolysis) is 1. The topological polar surface area (TPSA) is 113 Å². The fraction of sp³-hybridized carbons (Fsp3) is 0.417. The van der Waals surface area contributed by atoms with Crippen LogP contribution in [0.5, 0.6) is 0 Å². The lowest BCUT2D eigenvalue weighted by Crippen LogP contribution is -2.42. The van der Waals surface area contributed by atoms with Crippen LogP contribution in [0.3, 0.4) is 0 Å². The van der Waals surface area contributed by atoms with Gasteiger partial charge in [-0.1, -0.05) is 18.2 Å². The smallest absolute Gasteiger partial charge is 0.408 e. The normalized spacial score (nSPS) is 15.3. The number of hydrogen-bond acceptors (Lipinski definition) is 4. The highest BCUT2D eigenvalue weighted by Crippen LogP contribution is 2.09. The maximum Gasteiger partial charge on any atom is 0.408 e. The van der Waals surface area contributed by atoms with Gasteiger partial charge >= 0.3 is 18.0 Å². The Bertz CT molecular complexity index is 426. The fourth-order valence-corrected chi connectivity index (χ4v) is 1.48. The molecule has 0 bridgehead atoms. The van der Waals surface area contributed by atoms with Gasteiger partial charge in [-0.3, -0.25) is 4.79 Å². The number of ether oxygens (including phenoxy) is 1. The maximum absolute atomic E-state index is 11.3. The number of amides is 1. The lowest BCUT2D eigenvalue weighted by molar-refractivity contribution is -0.145. The van der Waals surface area contributed by atoms with E-state index in [1.54, 1.807) is 0 Å². The monoisotopic (exact) mass is 269 g/mol. The zero-order valence-corrected chi connectivity index (χ0v) is 10.2. The molecular formula is C12H15NO6. The quantitative estimate of drug-likeness (QED) is 0.660. The third-order valence-electron chi connectivity index (χ3n) is 2.41. The zero-order valence-electron chi connectivity index (χ0n) is 10.2. The van der Waals surface area contributed by atoms with Crippen molar-refractivity contribution in [1.82, 2.24) is 5.32 Å². The summed E-state index contributed by atoms with van der Waals surface area (Å²) >= 11 is 0. The van der Waals surface area contributed by atoms with Crippen molar-refractivity contribution in [1.29, 1.82) is 0 Å². The molecule has 1 aliphatic rings. The number of carboxylic acid groups (broad SMARTS) is 2. The van der Waals surface area contributed by atoms with E-state index < -0.39 is 30.5 Å². The van der Waals surface area contributed by atoms with Crippen LogP contribution < -0.4 is 5.32 Å². The molecule has 0 fully saturated rings. The number of allylic oxidation sites excluding steroid dienone is 2. The zero-order chi connectivity index (χ0) is 14.3. The number of rotatable bonds is 6. The summed E-state index contributed by atoms with van der Waals surface area (Å²) in [5, 5.41) is 19.2. The molecule has 0 aromatic heterocycles. The molecule has 0 saturated carbocycles. The van der Waals surface area contributed by atoms with Gasteiger partial charge in [0, 0.05) is 0 Å². The Balaban J connectivity index is 2.40. The van der Waals surface area contributed by atoms with Gasteiger partial charge in [-0.05, 0) is 18.4 Å². The first-order chi connectivity index (χ1) is 8.99. The first-order valence-electron chi connectivity index (χ1n) is 5.72. The van der Waals surface area contributed by atoms with Crippen molar-refractivity contribution < 1.29 is 29.3 Å². The molecule has 7 heteroatoms. The number of aliphatic carboxylic acids is 2. The molecule has 1 amide bonds. The van der Waals surface area contributed by atoms with Gasteiger partial charge < -0.3 is 20.3 Å². The Kier molecular flexibility index (Phi) is 5.59. The Hall–Kier alpha value is -2.31. The standard InChI is InChI=1S/C12H15NO6/c14-10(15)6-9(11(16)17)13-12(18)19-7-8-4-2-1-3-5-8/h2,4-5,9H,1,3,6-7H2,(H,13,18)(H,14,15)(H,16,17). The maximum atomic E-state index is 11.3. The number of carboxylic acids is 2. The van der Waals surface area contributed by atoms with Crippen LogP contribution >= 0.6 is 0 Å². The molecule has 0 saturated heterocycles. The highest BCUT2D eigenvalue weighted by atomic mass is 16.5. The van der Waals surface area contributed by atoms with Crippen LogP contribution in [0, 0.1) is 0 Å². The van der Waals surface area contributed by atoms with E-state index in [1.165, 1.54) is 0 Å². The van der Waals surface area contributed by atoms with Gasteiger partial charge in [0.05, 0.1) is 6.42 Å². The third-order valence-corrected chi connectivity index (χ3v) is 2.41. The Labute approximate surface area is 109 Å². The molecule has 7 nitrogen and oxygen atoms in total. The summed E-state index contributed by atoms with van der Waals surface area (Å²) in [6, 6.07) is -1.50. The Morgan fingerprint density at radius 2 is 2.05 bits per heavy atom. The molecule has 1 rings (SSSR count). The molecule has 3 N–H and O–H groups in total. The largest absolute Gasteiger partial charge is 0.481 e. The Morgan fingerprint density at radius 1 is 1.32 bits per heavy atom. The van der Waals surface area contributed by atoms with Gasteiger partial charge in [0.1, 0.15) is 12.6 Å². The van der Waals surface area contributed by atoms with Gasteiger partial charge in [0.25, 0.3) is 0 Å². The number of hydrogen-bond donors (Lipinski definition) is 3. The van der Waals surface area contributed by atoms with Gasteiger partial charge in [-0.2, -0.15) is 0 Å². The summed E-state index contributed by atoms with van der Waals surface area (Å²) < 4.78 is 4.82. The third kappa shape index (κ3) is 5.71. The molecule has 0 heterocycles.